The smallest absolute Gasteiger partial charge is 0.116 e. The van der Waals surface area contributed by atoms with Gasteiger partial charge in [-0.25, -0.2) is 9.97 Å². The number of aryl methyl sites for hydroxylation is 1. The van der Waals surface area contributed by atoms with E-state index in [0.717, 1.165) is 23.0 Å². The molecule has 1 aliphatic rings. The molecule has 20 heavy (non-hydrogen) atoms. The second-order valence-corrected chi connectivity index (χ2v) is 5.07. The lowest BCUT2D eigenvalue weighted by molar-refractivity contribution is 1.07. The summed E-state index contributed by atoms with van der Waals surface area (Å²) in [5.74, 6) is 0. The highest BCUT2D eigenvalue weighted by Crippen LogP contribution is 2.32. The quantitative estimate of drug-likeness (QED) is 0.672. The lowest BCUT2D eigenvalue weighted by atomic mass is 9.99. The van der Waals surface area contributed by atoms with Gasteiger partial charge < -0.3 is 0 Å². The molecule has 2 aromatic heterocycles. The lowest BCUT2D eigenvalue weighted by Gasteiger charge is -2.07. The van der Waals surface area contributed by atoms with E-state index in [9.17, 15) is 0 Å². The molecule has 0 saturated heterocycles. The number of rotatable bonds is 1. The molecule has 0 bridgehead atoms. The third-order valence-electron chi connectivity index (χ3n) is 3.72. The van der Waals surface area contributed by atoms with Gasteiger partial charge in [0.2, 0.25) is 0 Å². The molecule has 4 rings (SSSR count). The van der Waals surface area contributed by atoms with Crippen LogP contribution in [0.3, 0.4) is 0 Å². The highest BCUT2D eigenvalue weighted by molar-refractivity contribution is 5.89. The van der Waals surface area contributed by atoms with E-state index in [2.05, 4.69) is 45.3 Å². The molecule has 1 aromatic carbocycles. The van der Waals surface area contributed by atoms with Crippen LogP contribution in [-0.2, 0) is 6.42 Å². The van der Waals surface area contributed by atoms with Crippen LogP contribution >= 0.6 is 0 Å². The number of fused-ring (bicyclic) bond motifs is 2. The van der Waals surface area contributed by atoms with Gasteiger partial charge in [0.1, 0.15) is 6.33 Å². The topological polar surface area (TPSA) is 38.7 Å². The predicted molar refractivity (Wildman–Crippen MR) is 81.4 cm³/mol. The molecular weight excluding hydrogens is 246 g/mol. The Hall–Kier alpha value is -2.55. The van der Waals surface area contributed by atoms with Crippen molar-refractivity contribution in [2.75, 3.05) is 0 Å². The molecule has 3 heteroatoms. The molecule has 0 atom stereocenters. The first-order valence-corrected chi connectivity index (χ1v) is 6.68. The molecule has 0 unspecified atom stereocenters. The summed E-state index contributed by atoms with van der Waals surface area (Å²) in [7, 11) is 0. The van der Waals surface area contributed by atoms with Crippen LogP contribution in [0.15, 0.2) is 48.9 Å². The Bertz CT molecular complexity index is 856. The van der Waals surface area contributed by atoms with Crippen LogP contribution in [-0.4, -0.2) is 15.0 Å². The van der Waals surface area contributed by atoms with E-state index in [1.807, 2.05) is 19.2 Å². The molecule has 0 aliphatic heterocycles. The van der Waals surface area contributed by atoms with Crippen LogP contribution < -0.4 is 0 Å². The van der Waals surface area contributed by atoms with Crippen molar-refractivity contribution in [3.05, 3.63) is 71.4 Å². The maximum atomic E-state index is 4.62. The third kappa shape index (κ3) is 1.71. The van der Waals surface area contributed by atoms with Crippen LogP contribution in [0.4, 0.5) is 0 Å². The van der Waals surface area contributed by atoms with E-state index < -0.39 is 0 Å². The summed E-state index contributed by atoms with van der Waals surface area (Å²) in [6, 6.07) is 10.6. The number of pyridine rings is 1. The maximum Gasteiger partial charge on any atom is 0.116 e. The average molecular weight is 261 g/mol. The lowest BCUT2D eigenvalue weighted by Crippen LogP contribution is -1.93. The molecule has 0 saturated carbocycles. The minimum absolute atomic E-state index is 0. The number of aromatic nitrogens is 3. The number of nitrogens with zero attached hydrogens (tertiary/aromatic N) is 3. The summed E-state index contributed by atoms with van der Waals surface area (Å²) in [5, 5.41) is 1.07. The molecule has 3 aromatic rings. The fraction of sp³-hybridized carbons (Fsp3) is 0.118. The van der Waals surface area contributed by atoms with Crippen LogP contribution in [0.1, 0.15) is 23.9 Å². The molecule has 0 fully saturated rings. The van der Waals surface area contributed by atoms with Crippen molar-refractivity contribution in [1.29, 1.82) is 0 Å². The third-order valence-corrected chi connectivity index (χ3v) is 3.72. The Morgan fingerprint density at radius 3 is 3.05 bits per heavy atom. The first-order valence-electron chi connectivity index (χ1n) is 6.68. The number of allylic oxidation sites excluding steroid dienone is 1. The summed E-state index contributed by atoms with van der Waals surface area (Å²) in [4.78, 5) is 13.0. The van der Waals surface area contributed by atoms with Gasteiger partial charge in [0, 0.05) is 30.7 Å². The van der Waals surface area contributed by atoms with Gasteiger partial charge in [-0.05, 0) is 36.3 Å². The highest BCUT2D eigenvalue weighted by Gasteiger charge is 2.17. The minimum Gasteiger partial charge on any atom is -0.257 e. The monoisotopic (exact) mass is 261 g/mol. The van der Waals surface area contributed by atoms with Gasteiger partial charge in [-0.1, -0.05) is 18.2 Å². The van der Waals surface area contributed by atoms with Crippen LogP contribution in [0, 0.1) is 6.92 Å². The van der Waals surface area contributed by atoms with Crippen LogP contribution in [0.5, 0.6) is 0 Å². The Morgan fingerprint density at radius 1 is 1.15 bits per heavy atom. The Morgan fingerprint density at radius 2 is 2.10 bits per heavy atom. The number of benzene rings is 1. The summed E-state index contributed by atoms with van der Waals surface area (Å²) < 4.78 is 0. The summed E-state index contributed by atoms with van der Waals surface area (Å²) >= 11 is 0. The van der Waals surface area contributed by atoms with E-state index >= 15 is 0 Å². The van der Waals surface area contributed by atoms with Gasteiger partial charge in [0.15, 0.2) is 0 Å². The molecular formula is C17H15N3. The molecule has 0 radical (unpaired) electrons. The van der Waals surface area contributed by atoms with Crippen molar-refractivity contribution in [3.8, 4) is 0 Å². The summed E-state index contributed by atoms with van der Waals surface area (Å²) in [5.41, 5.74) is 6.93. The van der Waals surface area contributed by atoms with Crippen molar-refractivity contribution in [2.45, 2.75) is 13.3 Å². The second-order valence-electron chi connectivity index (χ2n) is 5.07. The molecule has 1 aliphatic carbocycles. The Balaban J connectivity index is 0.00000132. The Labute approximate surface area is 118 Å². The van der Waals surface area contributed by atoms with Crippen molar-refractivity contribution in [1.82, 2.24) is 15.0 Å². The van der Waals surface area contributed by atoms with Crippen molar-refractivity contribution in [2.24, 2.45) is 0 Å². The molecule has 0 amide bonds. The van der Waals surface area contributed by atoms with Gasteiger partial charge in [-0.15, -0.1) is 0 Å². The van der Waals surface area contributed by atoms with Crippen LogP contribution in [0.25, 0.3) is 16.5 Å². The maximum absolute atomic E-state index is 4.62. The largest absolute Gasteiger partial charge is 0.257 e. The predicted octanol–water partition coefficient (Wildman–Crippen LogP) is 3.57. The standard InChI is InChI=1S/C17H13N3.H2/c1-11-2-4-15-14(5-7-17(15)20-11)12-3-6-16-13(8-12)9-18-10-19-16;/h2-6,8-10H,7H2,1H3;1H. The molecule has 2 heterocycles. The SMILES string of the molecule is Cc1ccc2c(n1)CC=C2c1ccc2ncncc2c1.[HH]. The fourth-order valence-electron chi connectivity index (χ4n) is 2.75. The highest BCUT2D eigenvalue weighted by atomic mass is 14.8. The summed E-state index contributed by atoms with van der Waals surface area (Å²) in [6.45, 7) is 2.03. The van der Waals surface area contributed by atoms with Crippen molar-refractivity contribution >= 4 is 16.5 Å². The van der Waals surface area contributed by atoms with Gasteiger partial charge in [-0.3, -0.25) is 4.98 Å². The van der Waals surface area contributed by atoms with Gasteiger partial charge in [0.25, 0.3) is 0 Å². The molecule has 98 valence electrons. The normalized spacial score (nSPS) is 13.3. The zero-order valence-corrected chi connectivity index (χ0v) is 11.2. The fourth-order valence-corrected chi connectivity index (χ4v) is 2.75. The van der Waals surface area contributed by atoms with E-state index in [-0.39, 0.29) is 1.43 Å². The minimum atomic E-state index is 0. The van der Waals surface area contributed by atoms with Crippen LogP contribution in [0.2, 0.25) is 0 Å². The molecule has 3 nitrogen and oxygen atoms in total. The zero-order chi connectivity index (χ0) is 13.5. The van der Waals surface area contributed by atoms with E-state index in [0.29, 0.717) is 0 Å². The van der Waals surface area contributed by atoms with Crippen molar-refractivity contribution < 1.29 is 1.43 Å². The summed E-state index contributed by atoms with van der Waals surface area (Å²) in [6.07, 6.45) is 6.60. The van der Waals surface area contributed by atoms with E-state index in [4.69, 9.17) is 0 Å². The first kappa shape index (κ1) is 11.3. The second kappa shape index (κ2) is 4.23. The molecule has 0 N–H and O–H groups in total. The zero-order valence-electron chi connectivity index (χ0n) is 11.2. The molecule has 0 spiro atoms. The average Bonchev–Trinajstić information content (AvgIpc) is 2.89. The van der Waals surface area contributed by atoms with E-state index in [1.165, 1.54) is 22.4 Å². The number of hydrogen-bond acceptors (Lipinski definition) is 3. The van der Waals surface area contributed by atoms with E-state index in [1.54, 1.807) is 6.33 Å². The van der Waals surface area contributed by atoms with Gasteiger partial charge >= 0.3 is 0 Å². The first-order chi connectivity index (χ1) is 9.81. The Kier molecular flexibility index (Phi) is 2.39. The van der Waals surface area contributed by atoms with Gasteiger partial charge in [0.05, 0.1) is 11.2 Å². The number of hydrogen-bond donors (Lipinski definition) is 0. The van der Waals surface area contributed by atoms with Gasteiger partial charge in [-0.2, -0.15) is 0 Å². The van der Waals surface area contributed by atoms with Crippen molar-refractivity contribution in [3.63, 3.8) is 0 Å².